The Morgan fingerprint density at radius 2 is 1.89 bits per heavy atom. The van der Waals surface area contributed by atoms with E-state index in [0.29, 0.717) is 6.54 Å². The number of piperidine rings is 1. The Morgan fingerprint density at radius 3 is 2.56 bits per heavy atom. The lowest BCUT2D eigenvalue weighted by Crippen LogP contribution is -2.43. The molecule has 1 amide bonds. The van der Waals surface area contributed by atoms with Crippen LogP contribution in [0.5, 0.6) is 0 Å². The normalized spacial score (nSPS) is 17.3. The zero-order valence-electron chi connectivity index (χ0n) is 15.3. The van der Waals surface area contributed by atoms with Gasteiger partial charge in [0.1, 0.15) is 16.9 Å². The Morgan fingerprint density at radius 1 is 1.19 bits per heavy atom. The zero-order chi connectivity index (χ0) is 19.3. The van der Waals surface area contributed by atoms with E-state index in [1.54, 1.807) is 0 Å². The lowest BCUT2D eigenvalue weighted by Gasteiger charge is -2.34. The molecule has 0 spiro atoms. The van der Waals surface area contributed by atoms with Crippen molar-refractivity contribution in [3.8, 4) is 0 Å². The van der Waals surface area contributed by atoms with Crippen molar-refractivity contribution in [3.05, 3.63) is 65.7 Å². The van der Waals surface area contributed by atoms with E-state index >= 15 is 0 Å². The summed E-state index contributed by atoms with van der Waals surface area (Å²) in [7, 11) is 0. The molecule has 1 fully saturated rings. The predicted octanol–water partition coefficient (Wildman–Crippen LogP) is 4.30. The van der Waals surface area contributed by atoms with E-state index in [1.807, 2.05) is 30.3 Å². The Kier molecular flexibility index (Phi) is 6.50. The third-order valence-electron chi connectivity index (χ3n) is 4.98. The van der Waals surface area contributed by atoms with Crippen LogP contribution < -0.4 is 10.6 Å². The minimum Gasteiger partial charge on any atom is -0.354 e. The summed E-state index contributed by atoms with van der Waals surface area (Å²) in [6, 6.07) is 12.7. The van der Waals surface area contributed by atoms with Crippen molar-refractivity contribution in [2.75, 3.05) is 19.6 Å². The van der Waals surface area contributed by atoms with Crippen molar-refractivity contribution < 1.29 is 13.6 Å². The molecule has 1 atom stereocenters. The van der Waals surface area contributed by atoms with Crippen LogP contribution in [0.15, 0.2) is 53.4 Å². The molecule has 0 bridgehead atoms. The highest BCUT2D eigenvalue weighted by Gasteiger charge is 2.29. The van der Waals surface area contributed by atoms with E-state index in [4.69, 9.17) is 0 Å². The van der Waals surface area contributed by atoms with Gasteiger partial charge in [0.2, 0.25) is 5.91 Å². The van der Waals surface area contributed by atoms with Gasteiger partial charge in [-0.3, -0.25) is 4.79 Å². The first-order valence-electron chi connectivity index (χ1n) is 9.12. The number of amides is 1. The number of benzene rings is 2. The molecule has 2 aromatic carbocycles. The van der Waals surface area contributed by atoms with Crippen molar-refractivity contribution in [2.45, 2.75) is 29.9 Å². The Hall–Kier alpha value is -1.92. The largest absolute Gasteiger partial charge is 0.354 e. The maximum absolute atomic E-state index is 14.1. The Labute approximate surface area is 162 Å². The number of thioether (sulfide) groups is 1. The number of nitrogens with one attached hydrogen (secondary N) is 2. The van der Waals surface area contributed by atoms with E-state index in [2.05, 4.69) is 17.6 Å². The SMILES string of the molecule is CC1(CNC(=O)C(Sc2ccc(F)cc2F)c2ccccc2)CCNCC1. The van der Waals surface area contributed by atoms with Crippen molar-refractivity contribution in [1.29, 1.82) is 0 Å². The molecule has 0 radical (unpaired) electrons. The highest BCUT2D eigenvalue weighted by molar-refractivity contribution is 8.00. The van der Waals surface area contributed by atoms with E-state index in [9.17, 15) is 13.6 Å². The van der Waals surface area contributed by atoms with Crippen LogP contribution in [0.25, 0.3) is 0 Å². The van der Waals surface area contributed by atoms with Crippen molar-refractivity contribution in [2.24, 2.45) is 5.41 Å². The molecular weight excluding hydrogens is 366 g/mol. The summed E-state index contributed by atoms with van der Waals surface area (Å²) in [6.45, 7) is 4.66. The maximum Gasteiger partial charge on any atom is 0.238 e. The molecule has 0 aliphatic carbocycles. The highest BCUT2D eigenvalue weighted by Crippen LogP contribution is 2.37. The van der Waals surface area contributed by atoms with Gasteiger partial charge in [0, 0.05) is 17.5 Å². The molecule has 6 heteroatoms. The van der Waals surface area contributed by atoms with Gasteiger partial charge in [-0.1, -0.05) is 37.3 Å². The fraction of sp³-hybridized carbons (Fsp3) is 0.381. The summed E-state index contributed by atoms with van der Waals surface area (Å²) in [4.78, 5) is 13.2. The molecule has 2 aromatic rings. The maximum atomic E-state index is 14.1. The second-order valence-electron chi connectivity index (χ2n) is 7.26. The second-order valence-corrected chi connectivity index (χ2v) is 8.41. The summed E-state index contributed by atoms with van der Waals surface area (Å²) < 4.78 is 27.3. The molecule has 1 unspecified atom stereocenters. The van der Waals surface area contributed by atoms with Crippen LogP contribution in [0, 0.1) is 17.0 Å². The van der Waals surface area contributed by atoms with Gasteiger partial charge in [0.25, 0.3) is 0 Å². The fourth-order valence-electron chi connectivity index (χ4n) is 3.20. The molecule has 144 valence electrons. The third kappa shape index (κ3) is 5.30. The Bertz CT molecular complexity index is 779. The molecule has 1 aliphatic heterocycles. The minimum atomic E-state index is -0.654. The van der Waals surface area contributed by atoms with Crippen LogP contribution in [0.2, 0.25) is 0 Å². The van der Waals surface area contributed by atoms with Gasteiger partial charge in [-0.05, 0) is 49.0 Å². The van der Waals surface area contributed by atoms with Crippen LogP contribution in [0.1, 0.15) is 30.6 Å². The number of carbonyl (C=O) groups is 1. The van der Waals surface area contributed by atoms with Gasteiger partial charge in [-0.2, -0.15) is 0 Å². The monoisotopic (exact) mass is 390 g/mol. The summed E-state index contributed by atoms with van der Waals surface area (Å²) in [5.41, 5.74) is 0.854. The van der Waals surface area contributed by atoms with Crippen LogP contribution in [-0.4, -0.2) is 25.5 Å². The number of rotatable bonds is 6. The van der Waals surface area contributed by atoms with Gasteiger partial charge in [-0.15, -0.1) is 11.8 Å². The molecule has 1 heterocycles. The van der Waals surface area contributed by atoms with Crippen molar-refractivity contribution in [3.63, 3.8) is 0 Å². The lowest BCUT2D eigenvalue weighted by atomic mass is 9.81. The summed E-state index contributed by atoms with van der Waals surface area (Å²) in [5, 5.41) is 5.79. The first-order chi connectivity index (χ1) is 13.0. The first-order valence-corrected chi connectivity index (χ1v) is 10.00. The number of carbonyl (C=O) groups excluding carboxylic acids is 1. The molecule has 1 saturated heterocycles. The summed E-state index contributed by atoms with van der Waals surface area (Å²) in [6.07, 6.45) is 2.01. The van der Waals surface area contributed by atoms with Crippen LogP contribution >= 0.6 is 11.8 Å². The van der Waals surface area contributed by atoms with Gasteiger partial charge in [0.15, 0.2) is 0 Å². The number of halogens is 2. The van der Waals surface area contributed by atoms with Crippen LogP contribution in [0.4, 0.5) is 8.78 Å². The van der Waals surface area contributed by atoms with Gasteiger partial charge < -0.3 is 10.6 Å². The van der Waals surface area contributed by atoms with E-state index < -0.39 is 16.9 Å². The highest BCUT2D eigenvalue weighted by atomic mass is 32.2. The van der Waals surface area contributed by atoms with Gasteiger partial charge in [-0.25, -0.2) is 8.78 Å². The molecule has 2 N–H and O–H groups in total. The quantitative estimate of drug-likeness (QED) is 0.723. The van der Waals surface area contributed by atoms with E-state index in [1.165, 1.54) is 12.1 Å². The average molecular weight is 390 g/mol. The first kappa shape index (κ1) is 19.8. The van der Waals surface area contributed by atoms with Crippen molar-refractivity contribution >= 4 is 17.7 Å². The van der Waals surface area contributed by atoms with Crippen molar-refractivity contribution in [1.82, 2.24) is 10.6 Å². The topological polar surface area (TPSA) is 41.1 Å². The third-order valence-corrected chi connectivity index (χ3v) is 6.29. The van der Waals surface area contributed by atoms with E-state index in [0.717, 1.165) is 49.3 Å². The molecular formula is C21H24F2N2OS. The fourth-order valence-corrected chi connectivity index (χ4v) is 4.25. The molecule has 3 nitrogen and oxygen atoms in total. The smallest absolute Gasteiger partial charge is 0.238 e. The van der Waals surface area contributed by atoms with Crippen LogP contribution in [-0.2, 0) is 4.79 Å². The number of hydrogen-bond donors (Lipinski definition) is 2. The van der Waals surface area contributed by atoms with Gasteiger partial charge >= 0.3 is 0 Å². The Balaban J connectivity index is 1.76. The summed E-state index contributed by atoms with van der Waals surface area (Å²) >= 11 is 1.10. The zero-order valence-corrected chi connectivity index (χ0v) is 16.1. The van der Waals surface area contributed by atoms with Crippen LogP contribution in [0.3, 0.4) is 0 Å². The standard InChI is InChI=1S/C21H24F2N2OS/c1-21(9-11-24-12-10-21)14-25-20(26)19(15-5-3-2-4-6-15)27-18-8-7-16(22)13-17(18)23/h2-8,13,19,24H,9-12,14H2,1H3,(H,25,26). The average Bonchev–Trinajstić information content (AvgIpc) is 2.67. The minimum absolute atomic E-state index is 0.0634. The number of hydrogen-bond acceptors (Lipinski definition) is 3. The lowest BCUT2D eigenvalue weighted by molar-refractivity contribution is -0.121. The predicted molar refractivity (Wildman–Crippen MR) is 105 cm³/mol. The second kappa shape index (κ2) is 8.85. The van der Waals surface area contributed by atoms with Gasteiger partial charge in [0.05, 0.1) is 0 Å². The molecule has 0 saturated carbocycles. The molecule has 0 aromatic heterocycles. The molecule has 1 aliphatic rings. The molecule has 27 heavy (non-hydrogen) atoms. The molecule has 3 rings (SSSR count). The summed E-state index contributed by atoms with van der Waals surface area (Å²) in [5.74, 6) is -1.44. The van der Waals surface area contributed by atoms with E-state index in [-0.39, 0.29) is 16.2 Å².